The summed E-state index contributed by atoms with van der Waals surface area (Å²) in [6.45, 7) is 1.58. The van der Waals surface area contributed by atoms with Gasteiger partial charge < -0.3 is 15.3 Å². The van der Waals surface area contributed by atoms with Crippen molar-refractivity contribution in [1.29, 1.82) is 0 Å². The van der Waals surface area contributed by atoms with E-state index in [4.69, 9.17) is 0 Å². The number of carboxylic acid groups (broad SMARTS) is 1. The highest BCUT2D eigenvalue weighted by atomic mass is 32.2. The van der Waals surface area contributed by atoms with Crippen LogP contribution >= 0.6 is 11.8 Å². The lowest BCUT2D eigenvalue weighted by Gasteiger charge is -2.26. The van der Waals surface area contributed by atoms with Crippen LogP contribution in [0.25, 0.3) is 0 Å². The fourth-order valence-electron chi connectivity index (χ4n) is 2.60. The molecule has 0 saturated carbocycles. The Morgan fingerprint density at radius 1 is 1.08 bits per heavy atom. The maximum absolute atomic E-state index is 12.0. The van der Waals surface area contributed by atoms with Gasteiger partial charge in [0.1, 0.15) is 0 Å². The van der Waals surface area contributed by atoms with Crippen molar-refractivity contribution in [1.82, 2.24) is 10.2 Å². The highest BCUT2D eigenvalue weighted by Gasteiger charge is 2.22. The Morgan fingerprint density at radius 2 is 1.75 bits per heavy atom. The Labute approximate surface area is 145 Å². The standard InChI is InChI=1S/C17H22N2O4S/c20-14(11-24-12-15(21)19-9-5-2-6-10-19)18-16(17(22)23)13-7-3-1-4-8-13/h1,3-4,7-8,16H,2,5-6,9-12H2,(H,18,20)(H,22,23)/t16-/m0/s1. The number of aliphatic carboxylic acids is 1. The van der Waals surface area contributed by atoms with Crippen molar-refractivity contribution in [2.75, 3.05) is 24.6 Å². The molecule has 0 spiro atoms. The second kappa shape index (κ2) is 9.32. The fourth-order valence-corrected chi connectivity index (χ4v) is 3.33. The first-order chi connectivity index (χ1) is 11.6. The number of thioether (sulfide) groups is 1. The molecule has 0 radical (unpaired) electrons. The number of carboxylic acids is 1. The summed E-state index contributed by atoms with van der Waals surface area (Å²) in [6.07, 6.45) is 3.23. The van der Waals surface area contributed by atoms with Crippen molar-refractivity contribution in [3.8, 4) is 0 Å². The van der Waals surface area contributed by atoms with E-state index in [0.717, 1.165) is 32.4 Å². The molecule has 0 bridgehead atoms. The maximum atomic E-state index is 12.0. The van der Waals surface area contributed by atoms with Gasteiger partial charge in [0.25, 0.3) is 0 Å². The molecule has 2 N–H and O–H groups in total. The Kier molecular flexibility index (Phi) is 7.11. The van der Waals surface area contributed by atoms with Gasteiger partial charge in [0.15, 0.2) is 6.04 Å². The summed E-state index contributed by atoms with van der Waals surface area (Å²) in [7, 11) is 0. The Hall–Kier alpha value is -2.02. The third-order valence-corrected chi connectivity index (χ3v) is 4.77. The average Bonchev–Trinajstić information content (AvgIpc) is 2.61. The van der Waals surface area contributed by atoms with Gasteiger partial charge in [-0.15, -0.1) is 11.8 Å². The summed E-state index contributed by atoms with van der Waals surface area (Å²) in [5.41, 5.74) is 0.521. The van der Waals surface area contributed by atoms with Crippen LogP contribution in [0.2, 0.25) is 0 Å². The number of nitrogens with zero attached hydrogens (tertiary/aromatic N) is 1. The zero-order valence-electron chi connectivity index (χ0n) is 13.4. The lowest BCUT2D eigenvalue weighted by molar-refractivity contribution is -0.141. The number of rotatable bonds is 7. The van der Waals surface area contributed by atoms with E-state index in [2.05, 4.69) is 5.32 Å². The quantitative estimate of drug-likeness (QED) is 0.781. The zero-order valence-corrected chi connectivity index (χ0v) is 14.3. The van der Waals surface area contributed by atoms with Crippen LogP contribution in [0.5, 0.6) is 0 Å². The summed E-state index contributed by atoms with van der Waals surface area (Å²) >= 11 is 1.22. The highest BCUT2D eigenvalue weighted by molar-refractivity contribution is 8.00. The van der Waals surface area contributed by atoms with Gasteiger partial charge in [0.2, 0.25) is 11.8 Å². The minimum Gasteiger partial charge on any atom is -0.479 e. The molecule has 1 saturated heterocycles. The van der Waals surface area contributed by atoms with E-state index in [9.17, 15) is 19.5 Å². The summed E-state index contributed by atoms with van der Waals surface area (Å²) in [5, 5.41) is 11.8. The number of carbonyl (C=O) groups excluding carboxylic acids is 2. The molecule has 2 amide bonds. The van der Waals surface area contributed by atoms with Crippen LogP contribution in [-0.2, 0) is 14.4 Å². The van der Waals surface area contributed by atoms with Gasteiger partial charge in [-0.3, -0.25) is 9.59 Å². The number of likely N-dealkylation sites (tertiary alicyclic amines) is 1. The molecule has 0 aliphatic carbocycles. The van der Waals surface area contributed by atoms with E-state index in [1.54, 1.807) is 30.3 Å². The second-order valence-electron chi connectivity index (χ2n) is 5.68. The average molecular weight is 350 g/mol. The van der Waals surface area contributed by atoms with Crippen LogP contribution in [0, 0.1) is 0 Å². The molecule has 1 heterocycles. The molecule has 6 nitrogen and oxygen atoms in total. The van der Waals surface area contributed by atoms with Gasteiger partial charge in [-0.05, 0) is 24.8 Å². The second-order valence-corrected chi connectivity index (χ2v) is 6.67. The van der Waals surface area contributed by atoms with Crippen molar-refractivity contribution in [2.24, 2.45) is 0 Å². The minimum absolute atomic E-state index is 0.0466. The summed E-state index contributed by atoms with van der Waals surface area (Å²) in [6, 6.07) is 7.48. The fraction of sp³-hybridized carbons (Fsp3) is 0.471. The van der Waals surface area contributed by atoms with Crippen LogP contribution in [0.15, 0.2) is 30.3 Å². The predicted octanol–water partition coefficient (Wildman–Crippen LogP) is 1.67. The van der Waals surface area contributed by atoms with E-state index in [0.29, 0.717) is 5.56 Å². The van der Waals surface area contributed by atoms with Crippen LogP contribution in [0.1, 0.15) is 30.9 Å². The number of amides is 2. The molecule has 1 aliphatic heterocycles. The van der Waals surface area contributed by atoms with Gasteiger partial charge in [0.05, 0.1) is 11.5 Å². The molecule has 1 aliphatic rings. The summed E-state index contributed by atoms with van der Waals surface area (Å²) in [5.74, 6) is -1.14. The number of carbonyl (C=O) groups is 3. The molecule has 1 aromatic carbocycles. The first kappa shape index (κ1) is 18.3. The molecular formula is C17H22N2O4S. The molecular weight excluding hydrogens is 328 g/mol. The van der Waals surface area contributed by atoms with E-state index >= 15 is 0 Å². The van der Waals surface area contributed by atoms with Crippen LogP contribution < -0.4 is 5.32 Å². The normalized spacial score (nSPS) is 15.6. The van der Waals surface area contributed by atoms with Crippen LogP contribution in [0.4, 0.5) is 0 Å². The number of nitrogens with one attached hydrogen (secondary N) is 1. The molecule has 130 valence electrons. The highest BCUT2D eigenvalue weighted by Crippen LogP contribution is 2.14. The van der Waals surface area contributed by atoms with Crippen LogP contribution in [0.3, 0.4) is 0 Å². The number of hydrogen-bond acceptors (Lipinski definition) is 4. The van der Waals surface area contributed by atoms with Gasteiger partial charge >= 0.3 is 5.97 Å². The van der Waals surface area contributed by atoms with Crippen molar-refractivity contribution in [2.45, 2.75) is 25.3 Å². The molecule has 0 aromatic heterocycles. The van der Waals surface area contributed by atoms with Crippen LogP contribution in [-0.4, -0.2) is 52.4 Å². The van der Waals surface area contributed by atoms with Gasteiger partial charge in [-0.1, -0.05) is 30.3 Å². The number of piperidine rings is 1. The largest absolute Gasteiger partial charge is 0.479 e. The van der Waals surface area contributed by atoms with Gasteiger partial charge in [-0.2, -0.15) is 0 Å². The molecule has 1 fully saturated rings. The monoisotopic (exact) mass is 350 g/mol. The summed E-state index contributed by atoms with van der Waals surface area (Å²) < 4.78 is 0. The molecule has 2 rings (SSSR count). The SMILES string of the molecule is O=C(CSCC(=O)N1CCCCC1)N[C@H](C(=O)O)c1ccccc1. The first-order valence-corrected chi connectivity index (χ1v) is 9.16. The third kappa shape index (κ3) is 5.56. The first-order valence-electron chi connectivity index (χ1n) is 8.00. The molecule has 1 atom stereocenters. The number of hydrogen-bond donors (Lipinski definition) is 2. The van der Waals surface area contributed by atoms with E-state index in [1.165, 1.54) is 11.8 Å². The molecule has 0 unspecified atom stereocenters. The molecule has 7 heteroatoms. The van der Waals surface area contributed by atoms with Gasteiger partial charge in [0, 0.05) is 13.1 Å². The van der Waals surface area contributed by atoms with Crippen molar-refractivity contribution < 1.29 is 19.5 Å². The Morgan fingerprint density at radius 3 is 2.38 bits per heavy atom. The Bertz CT molecular complexity index is 573. The van der Waals surface area contributed by atoms with E-state index in [-0.39, 0.29) is 23.3 Å². The van der Waals surface area contributed by atoms with E-state index in [1.807, 2.05) is 4.90 Å². The smallest absolute Gasteiger partial charge is 0.330 e. The van der Waals surface area contributed by atoms with Crippen molar-refractivity contribution in [3.05, 3.63) is 35.9 Å². The minimum atomic E-state index is -1.11. The molecule has 1 aromatic rings. The summed E-state index contributed by atoms with van der Waals surface area (Å²) in [4.78, 5) is 37.2. The maximum Gasteiger partial charge on any atom is 0.330 e. The predicted molar refractivity (Wildman–Crippen MR) is 92.7 cm³/mol. The zero-order chi connectivity index (χ0) is 17.4. The van der Waals surface area contributed by atoms with Gasteiger partial charge in [-0.25, -0.2) is 4.79 Å². The van der Waals surface area contributed by atoms with Crippen molar-refractivity contribution in [3.63, 3.8) is 0 Å². The van der Waals surface area contributed by atoms with E-state index < -0.39 is 12.0 Å². The number of benzene rings is 1. The lowest BCUT2D eigenvalue weighted by Crippen LogP contribution is -2.37. The lowest BCUT2D eigenvalue weighted by atomic mass is 10.1. The third-order valence-electron chi connectivity index (χ3n) is 3.85. The van der Waals surface area contributed by atoms with Crippen molar-refractivity contribution >= 4 is 29.5 Å². The topological polar surface area (TPSA) is 86.7 Å². The Balaban J connectivity index is 1.77. The molecule has 24 heavy (non-hydrogen) atoms.